The standard InChI is InChI=1S/C27H44N6O3/c1-36-26(35)13-8-12-25(34)33-19-9-11-23(21-33)32-18-7-4-10-22(20-32)29-27-28-15-14-24(30-27)31-16-5-2-3-6-17-31/h14-15,22-23H,2-13,16-21H2,1H3,(H,28,29,30). The average Bonchev–Trinajstić information content (AvgIpc) is 3.32. The molecule has 0 aromatic carbocycles. The molecule has 0 saturated carbocycles. The van der Waals surface area contributed by atoms with Gasteiger partial charge in [-0.3, -0.25) is 14.5 Å². The second-order valence-corrected chi connectivity index (χ2v) is 10.5. The van der Waals surface area contributed by atoms with E-state index in [-0.39, 0.29) is 11.9 Å². The van der Waals surface area contributed by atoms with Crippen molar-refractivity contribution in [3.63, 3.8) is 0 Å². The zero-order valence-electron chi connectivity index (χ0n) is 22.0. The zero-order valence-corrected chi connectivity index (χ0v) is 22.0. The summed E-state index contributed by atoms with van der Waals surface area (Å²) in [6, 6.07) is 2.72. The van der Waals surface area contributed by atoms with E-state index in [9.17, 15) is 9.59 Å². The van der Waals surface area contributed by atoms with Gasteiger partial charge in [-0.05, 0) is 57.6 Å². The Kier molecular flexibility index (Phi) is 10.2. The van der Waals surface area contributed by atoms with E-state index in [2.05, 4.69) is 20.1 Å². The molecule has 3 fully saturated rings. The summed E-state index contributed by atoms with van der Waals surface area (Å²) in [4.78, 5) is 40.6. The van der Waals surface area contributed by atoms with E-state index in [1.807, 2.05) is 17.2 Å². The Hall–Kier alpha value is -2.42. The maximum atomic E-state index is 12.8. The maximum Gasteiger partial charge on any atom is 0.305 e. The Balaban J connectivity index is 1.31. The largest absolute Gasteiger partial charge is 0.469 e. The summed E-state index contributed by atoms with van der Waals surface area (Å²) < 4.78 is 4.69. The van der Waals surface area contributed by atoms with Crippen LogP contribution in [-0.2, 0) is 14.3 Å². The lowest BCUT2D eigenvalue weighted by Crippen LogP contribution is -2.51. The van der Waals surface area contributed by atoms with Gasteiger partial charge in [0.25, 0.3) is 0 Å². The van der Waals surface area contributed by atoms with Crippen molar-refractivity contribution in [2.45, 2.75) is 89.1 Å². The summed E-state index contributed by atoms with van der Waals surface area (Å²) >= 11 is 0. The number of hydrogen-bond acceptors (Lipinski definition) is 8. The molecule has 4 heterocycles. The van der Waals surface area contributed by atoms with Gasteiger partial charge in [0.2, 0.25) is 11.9 Å². The van der Waals surface area contributed by atoms with E-state index in [4.69, 9.17) is 9.72 Å². The van der Waals surface area contributed by atoms with Crippen LogP contribution in [0.2, 0.25) is 0 Å². The van der Waals surface area contributed by atoms with Gasteiger partial charge in [-0.2, -0.15) is 4.98 Å². The topological polar surface area (TPSA) is 90.9 Å². The molecule has 2 unspecified atom stereocenters. The van der Waals surface area contributed by atoms with Gasteiger partial charge in [-0.15, -0.1) is 0 Å². The Bertz CT molecular complexity index is 845. The van der Waals surface area contributed by atoms with Gasteiger partial charge in [0.15, 0.2) is 0 Å². The number of ether oxygens (including phenoxy) is 1. The molecule has 3 saturated heterocycles. The van der Waals surface area contributed by atoms with Crippen LogP contribution < -0.4 is 10.2 Å². The van der Waals surface area contributed by atoms with Gasteiger partial charge < -0.3 is 19.9 Å². The summed E-state index contributed by atoms with van der Waals surface area (Å²) in [7, 11) is 1.39. The van der Waals surface area contributed by atoms with Crippen molar-refractivity contribution >= 4 is 23.6 Å². The number of nitrogens with zero attached hydrogens (tertiary/aromatic N) is 5. The Morgan fingerprint density at radius 1 is 0.972 bits per heavy atom. The van der Waals surface area contributed by atoms with Crippen LogP contribution in [-0.4, -0.2) is 90.1 Å². The molecule has 0 bridgehead atoms. The van der Waals surface area contributed by atoms with Crippen molar-refractivity contribution in [3.05, 3.63) is 12.3 Å². The molecule has 1 amide bonds. The molecule has 1 aromatic rings. The van der Waals surface area contributed by atoms with Crippen molar-refractivity contribution in [2.75, 3.05) is 56.6 Å². The first-order valence-electron chi connectivity index (χ1n) is 14.1. The number of carbonyl (C=O) groups is 2. The SMILES string of the molecule is COC(=O)CCCC(=O)N1CCCC(N2CCCCC(Nc3nccc(N4CCCCCC4)n3)C2)C1. The van der Waals surface area contributed by atoms with Gasteiger partial charge in [-0.1, -0.05) is 19.3 Å². The minimum absolute atomic E-state index is 0.159. The summed E-state index contributed by atoms with van der Waals surface area (Å²) in [5, 5.41) is 3.65. The number of likely N-dealkylation sites (tertiary alicyclic amines) is 2. The average molecular weight is 501 g/mol. The monoisotopic (exact) mass is 500 g/mol. The molecule has 4 rings (SSSR count). The molecule has 0 spiro atoms. The van der Waals surface area contributed by atoms with Gasteiger partial charge >= 0.3 is 5.97 Å². The van der Waals surface area contributed by atoms with Crippen LogP contribution in [0, 0.1) is 0 Å². The van der Waals surface area contributed by atoms with Crippen molar-refractivity contribution in [1.82, 2.24) is 19.8 Å². The van der Waals surface area contributed by atoms with E-state index < -0.39 is 0 Å². The lowest BCUT2D eigenvalue weighted by atomic mass is 10.0. The Labute approximate surface area is 216 Å². The van der Waals surface area contributed by atoms with E-state index in [0.29, 0.717) is 31.3 Å². The Morgan fingerprint density at radius 2 is 1.78 bits per heavy atom. The van der Waals surface area contributed by atoms with E-state index in [1.54, 1.807) is 0 Å². The maximum absolute atomic E-state index is 12.8. The summed E-state index contributed by atoms with van der Waals surface area (Å²) in [6.07, 6.45) is 13.9. The van der Waals surface area contributed by atoms with Crippen molar-refractivity contribution in [2.24, 2.45) is 0 Å². The highest BCUT2D eigenvalue weighted by Crippen LogP contribution is 2.23. The molecule has 1 aromatic heterocycles. The van der Waals surface area contributed by atoms with Crippen molar-refractivity contribution in [1.29, 1.82) is 0 Å². The minimum atomic E-state index is -0.247. The highest BCUT2D eigenvalue weighted by molar-refractivity contribution is 5.77. The highest BCUT2D eigenvalue weighted by Gasteiger charge is 2.30. The van der Waals surface area contributed by atoms with E-state index in [1.165, 1.54) is 45.6 Å². The smallest absolute Gasteiger partial charge is 0.305 e. The normalized spacial score (nSPS) is 24.0. The quantitative estimate of drug-likeness (QED) is 0.543. The number of esters is 1. The van der Waals surface area contributed by atoms with Gasteiger partial charge in [0.1, 0.15) is 5.82 Å². The summed E-state index contributed by atoms with van der Waals surface area (Å²) in [6.45, 7) is 5.78. The number of carbonyl (C=O) groups excluding carboxylic acids is 2. The van der Waals surface area contributed by atoms with Gasteiger partial charge in [0.05, 0.1) is 7.11 Å². The second-order valence-electron chi connectivity index (χ2n) is 10.5. The van der Waals surface area contributed by atoms with Gasteiger partial charge in [-0.25, -0.2) is 4.98 Å². The van der Waals surface area contributed by atoms with Crippen LogP contribution in [0.25, 0.3) is 0 Å². The lowest BCUT2D eigenvalue weighted by molar-refractivity contribution is -0.141. The van der Waals surface area contributed by atoms with Crippen molar-refractivity contribution in [3.8, 4) is 0 Å². The first-order valence-corrected chi connectivity index (χ1v) is 14.1. The Morgan fingerprint density at radius 3 is 2.58 bits per heavy atom. The number of nitrogens with one attached hydrogen (secondary N) is 1. The van der Waals surface area contributed by atoms with Crippen LogP contribution in [0.3, 0.4) is 0 Å². The molecule has 1 N–H and O–H groups in total. The summed E-state index contributed by atoms with van der Waals surface area (Å²) in [5.74, 6) is 1.68. The number of anilines is 2. The predicted octanol–water partition coefficient (Wildman–Crippen LogP) is 3.46. The fraction of sp³-hybridized carbons (Fsp3) is 0.778. The molecular weight excluding hydrogens is 456 g/mol. The van der Waals surface area contributed by atoms with Crippen LogP contribution >= 0.6 is 0 Å². The molecule has 9 nitrogen and oxygen atoms in total. The first-order chi connectivity index (χ1) is 17.6. The van der Waals surface area contributed by atoms with Crippen LogP contribution in [0.5, 0.6) is 0 Å². The third-order valence-electron chi connectivity index (χ3n) is 7.87. The van der Waals surface area contributed by atoms with Crippen LogP contribution in [0.4, 0.5) is 11.8 Å². The van der Waals surface area contributed by atoms with Crippen LogP contribution in [0.1, 0.15) is 77.0 Å². The van der Waals surface area contributed by atoms with Crippen LogP contribution in [0.15, 0.2) is 12.3 Å². The summed E-state index contributed by atoms with van der Waals surface area (Å²) in [5.41, 5.74) is 0. The molecule has 36 heavy (non-hydrogen) atoms. The predicted molar refractivity (Wildman–Crippen MR) is 141 cm³/mol. The fourth-order valence-electron chi connectivity index (χ4n) is 5.82. The number of rotatable bonds is 8. The lowest BCUT2D eigenvalue weighted by Gasteiger charge is -2.40. The van der Waals surface area contributed by atoms with E-state index >= 15 is 0 Å². The van der Waals surface area contributed by atoms with E-state index in [0.717, 1.165) is 70.3 Å². The number of amides is 1. The molecular formula is C27H44N6O3. The molecule has 0 aliphatic carbocycles. The zero-order chi connectivity index (χ0) is 25.2. The molecule has 3 aliphatic rings. The molecule has 9 heteroatoms. The first kappa shape index (κ1) is 26.6. The second kappa shape index (κ2) is 13.8. The third-order valence-corrected chi connectivity index (χ3v) is 7.87. The molecule has 3 aliphatic heterocycles. The fourth-order valence-corrected chi connectivity index (χ4v) is 5.82. The number of hydrogen-bond donors (Lipinski definition) is 1. The van der Waals surface area contributed by atoms with Gasteiger partial charge in [0, 0.05) is 63.8 Å². The number of piperidine rings is 1. The third kappa shape index (κ3) is 7.79. The molecule has 0 radical (unpaired) electrons. The minimum Gasteiger partial charge on any atom is -0.469 e. The highest BCUT2D eigenvalue weighted by atomic mass is 16.5. The number of methoxy groups -OCH3 is 1. The molecule has 200 valence electrons. The molecule has 2 atom stereocenters. The van der Waals surface area contributed by atoms with Crippen molar-refractivity contribution < 1.29 is 14.3 Å². The number of aromatic nitrogens is 2.